The topological polar surface area (TPSA) is 3.24 Å². The Kier molecular flexibility index (Phi) is 5.01. The minimum absolute atomic E-state index is 1.15. The quantitative estimate of drug-likeness (QED) is 0.292. The molecule has 0 aliphatic carbocycles. The van der Waals surface area contributed by atoms with Crippen LogP contribution < -0.4 is 4.90 Å². The molecule has 0 saturated carbocycles. The highest BCUT2D eigenvalue weighted by atomic mass is 15.1. The second-order valence-corrected chi connectivity index (χ2v) is 8.04. The van der Waals surface area contributed by atoms with Crippen LogP contribution in [0.1, 0.15) is 11.1 Å². The maximum absolute atomic E-state index is 2.37. The first-order valence-corrected chi connectivity index (χ1v) is 10.7. The molecular weight excluding hydrogens is 374 g/mol. The van der Waals surface area contributed by atoms with E-state index < -0.39 is 0 Å². The molecule has 0 saturated heterocycles. The Morgan fingerprint density at radius 3 is 1.77 bits per heavy atom. The van der Waals surface area contributed by atoms with Gasteiger partial charge in [0.15, 0.2) is 0 Å². The van der Waals surface area contributed by atoms with E-state index in [0.717, 1.165) is 11.4 Å². The zero-order valence-corrected chi connectivity index (χ0v) is 17.9. The Labute approximate surface area is 184 Å². The molecule has 0 aliphatic rings. The van der Waals surface area contributed by atoms with Crippen LogP contribution in [0.5, 0.6) is 0 Å². The molecule has 0 fully saturated rings. The van der Waals surface area contributed by atoms with Gasteiger partial charge in [0.05, 0.1) is 5.69 Å². The molecule has 5 aromatic rings. The van der Waals surface area contributed by atoms with Crippen molar-refractivity contribution in [3.63, 3.8) is 0 Å². The first-order valence-electron chi connectivity index (χ1n) is 10.7. The van der Waals surface area contributed by atoms with E-state index in [1.165, 1.54) is 38.7 Å². The maximum atomic E-state index is 2.37. The largest absolute Gasteiger partial charge is 0.310 e. The van der Waals surface area contributed by atoms with Gasteiger partial charge in [0.1, 0.15) is 0 Å². The SMILES string of the molecule is Cc1ccc(-c2ccc(N(c3ccccc3)c3c(C)ccc4ccccc34)cc2)cc1. The average Bonchev–Trinajstić information content (AvgIpc) is 2.82. The summed E-state index contributed by atoms with van der Waals surface area (Å²) < 4.78 is 0. The van der Waals surface area contributed by atoms with Crippen molar-refractivity contribution in [1.29, 1.82) is 0 Å². The van der Waals surface area contributed by atoms with Crippen molar-refractivity contribution in [3.8, 4) is 11.1 Å². The van der Waals surface area contributed by atoms with Gasteiger partial charge >= 0.3 is 0 Å². The van der Waals surface area contributed by atoms with Gasteiger partial charge in [-0.15, -0.1) is 0 Å². The number of nitrogens with zero attached hydrogens (tertiary/aromatic N) is 1. The van der Waals surface area contributed by atoms with Gasteiger partial charge in [-0.05, 0) is 60.2 Å². The van der Waals surface area contributed by atoms with E-state index in [1.807, 2.05) is 0 Å². The molecule has 0 unspecified atom stereocenters. The molecule has 0 spiro atoms. The standard InChI is InChI=1S/C30H25N/c1-22-12-15-24(16-13-22)25-18-20-28(21-19-25)31(27-9-4-3-5-10-27)30-23(2)14-17-26-8-6-7-11-29(26)30/h3-21H,1-2H3. The zero-order valence-electron chi connectivity index (χ0n) is 17.9. The van der Waals surface area contributed by atoms with Gasteiger partial charge < -0.3 is 4.90 Å². The lowest BCUT2D eigenvalue weighted by atomic mass is 10.0. The van der Waals surface area contributed by atoms with E-state index in [4.69, 9.17) is 0 Å². The minimum Gasteiger partial charge on any atom is -0.310 e. The predicted octanol–water partition coefficient (Wildman–Crippen LogP) is 8.59. The summed E-state index contributed by atoms with van der Waals surface area (Å²) in [6, 6.07) is 41.3. The number of fused-ring (bicyclic) bond motifs is 1. The molecule has 0 bridgehead atoms. The summed E-state index contributed by atoms with van der Waals surface area (Å²) in [6.07, 6.45) is 0. The van der Waals surface area contributed by atoms with E-state index in [1.54, 1.807) is 0 Å². The lowest BCUT2D eigenvalue weighted by molar-refractivity contribution is 1.27. The Bertz CT molecular complexity index is 1320. The lowest BCUT2D eigenvalue weighted by Gasteiger charge is -2.28. The number of para-hydroxylation sites is 1. The van der Waals surface area contributed by atoms with E-state index in [2.05, 4.69) is 134 Å². The second-order valence-electron chi connectivity index (χ2n) is 8.04. The number of anilines is 3. The fraction of sp³-hybridized carbons (Fsp3) is 0.0667. The number of rotatable bonds is 4. The Morgan fingerprint density at radius 2 is 1.06 bits per heavy atom. The van der Waals surface area contributed by atoms with Crippen LogP contribution in [0.4, 0.5) is 17.1 Å². The van der Waals surface area contributed by atoms with Crippen LogP contribution in [0.2, 0.25) is 0 Å². The summed E-state index contributed by atoms with van der Waals surface area (Å²) in [6.45, 7) is 4.31. The van der Waals surface area contributed by atoms with E-state index in [9.17, 15) is 0 Å². The molecule has 0 aromatic heterocycles. The van der Waals surface area contributed by atoms with E-state index in [-0.39, 0.29) is 0 Å². The monoisotopic (exact) mass is 399 g/mol. The van der Waals surface area contributed by atoms with Crippen molar-refractivity contribution in [3.05, 3.63) is 126 Å². The summed E-state index contributed by atoms with van der Waals surface area (Å²) in [5.74, 6) is 0. The van der Waals surface area contributed by atoms with Gasteiger partial charge in [-0.25, -0.2) is 0 Å². The summed E-state index contributed by atoms with van der Waals surface area (Å²) in [5, 5.41) is 2.51. The zero-order chi connectivity index (χ0) is 21.2. The van der Waals surface area contributed by atoms with Crippen LogP contribution in [-0.4, -0.2) is 0 Å². The van der Waals surface area contributed by atoms with Crippen LogP contribution in [0.25, 0.3) is 21.9 Å². The molecule has 0 atom stereocenters. The van der Waals surface area contributed by atoms with Crippen LogP contribution >= 0.6 is 0 Å². The summed E-state index contributed by atoms with van der Waals surface area (Å²) in [4.78, 5) is 2.37. The molecule has 1 heteroatoms. The second kappa shape index (κ2) is 8.12. The highest BCUT2D eigenvalue weighted by Crippen LogP contribution is 2.41. The first-order chi connectivity index (χ1) is 15.2. The maximum Gasteiger partial charge on any atom is 0.0569 e. The molecule has 31 heavy (non-hydrogen) atoms. The number of benzene rings is 5. The van der Waals surface area contributed by atoms with Gasteiger partial charge in [0.2, 0.25) is 0 Å². The van der Waals surface area contributed by atoms with Crippen molar-refractivity contribution >= 4 is 27.8 Å². The van der Waals surface area contributed by atoms with E-state index >= 15 is 0 Å². The van der Waals surface area contributed by atoms with Crippen molar-refractivity contribution in [2.75, 3.05) is 4.90 Å². The van der Waals surface area contributed by atoms with Gasteiger partial charge in [-0.3, -0.25) is 0 Å². The van der Waals surface area contributed by atoms with E-state index in [0.29, 0.717) is 0 Å². The van der Waals surface area contributed by atoms with Crippen molar-refractivity contribution < 1.29 is 0 Å². The highest BCUT2D eigenvalue weighted by molar-refractivity contribution is 6.00. The fourth-order valence-electron chi connectivity index (χ4n) is 4.19. The van der Waals surface area contributed by atoms with Gasteiger partial charge in [-0.2, -0.15) is 0 Å². The normalized spacial score (nSPS) is 10.9. The first kappa shape index (κ1) is 19.1. The van der Waals surface area contributed by atoms with Crippen molar-refractivity contribution in [2.45, 2.75) is 13.8 Å². The highest BCUT2D eigenvalue weighted by Gasteiger charge is 2.17. The summed E-state index contributed by atoms with van der Waals surface area (Å²) >= 11 is 0. The lowest BCUT2D eigenvalue weighted by Crippen LogP contribution is -2.11. The molecule has 1 nitrogen and oxygen atoms in total. The number of hydrogen-bond donors (Lipinski definition) is 0. The number of aryl methyl sites for hydroxylation is 2. The van der Waals surface area contributed by atoms with Crippen LogP contribution in [0, 0.1) is 13.8 Å². The molecular formula is C30H25N. The van der Waals surface area contributed by atoms with Gasteiger partial charge in [0.25, 0.3) is 0 Å². The third-order valence-corrected chi connectivity index (χ3v) is 5.85. The Hall–Kier alpha value is -3.84. The van der Waals surface area contributed by atoms with Crippen LogP contribution in [-0.2, 0) is 0 Å². The van der Waals surface area contributed by atoms with Crippen LogP contribution in [0.3, 0.4) is 0 Å². The molecule has 5 rings (SSSR count). The van der Waals surface area contributed by atoms with Gasteiger partial charge in [-0.1, -0.05) is 96.6 Å². The molecule has 5 aromatic carbocycles. The number of hydrogen-bond acceptors (Lipinski definition) is 1. The Morgan fingerprint density at radius 1 is 0.484 bits per heavy atom. The predicted molar refractivity (Wildman–Crippen MR) is 134 cm³/mol. The minimum atomic E-state index is 1.15. The molecule has 0 aliphatic heterocycles. The third-order valence-electron chi connectivity index (χ3n) is 5.85. The van der Waals surface area contributed by atoms with Crippen molar-refractivity contribution in [1.82, 2.24) is 0 Å². The molecule has 0 heterocycles. The molecule has 0 N–H and O–H groups in total. The van der Waals surface area contributed by atoms with Crippen molar-refractivity contribution in [2.24, 2.45) is 0 Å². The average molecular weight is 400 g/mol. The fourth-order valence-corrected chi connectivity index (χ4v) is 4.19. The summed E-state index contributed by atoms with van der Waals surface area (Å²) in [7, 11) is 0. The third kappa shape index (κ3) is 3.71. The Balaban J connectivity index is 1.67. The van der Waals surface area contributed by atoms with Gasteiger partial charge in [0, 0.05) is 16.8 Å². The molecule has 150 valence electrons. The molecule has 0 radical (unpaired) electrons. The molecule has 0 amide bonds. The smallest absolute Gasteiger partial charge is 0.0569 e. The van der Waals surface area contributed by atoms with Crippen LogP contribution in [0.15, 0.2) is 115 Å². The summed E-state index contributed by atoms with van der Waals surface area (Å²) in [5.41, 5.74) is 8.54.